The zero-order valence-electron chi connectivity index (χ0n) is 20.3. The number of nitrogens with one attached hydrogen (secondary N) is 2. The normalized spacial score (nSPS) is 18.6. The second kappa shape index (κ2) is 9.47. The summed E-state index contributed by atoms with van der Waals surface area (Å²) < 4.78 is 1.96. The van der Waals surface area contributed by atoms with Crippen LogP contribution in [0.5, 0.6) is 0 Å². The summed E-state index contributed by atoms with van der Waals surface area (Å²) >= 11 is 0. The minimum atomic E-state index is -0.679. The Bertz CT molecular complexity index is 1220. The van der Waals surface area contributed by atoms with Crippen molar-refractivity contribution >= 4 is 22.5 Å². The fourth-order valence-corrected chi connectivity index (χ4v) is 4.81. The first-order valence-corrected chi connectivity index (χ1v) is 12.0. The van der Waals surface area contributed by atoms with Crippen LogP contribution < -0.4 is 10.6 Å². The van der Waals surface area contributed by atoms with Crippen LogP contribution in [0.25, 0.3) is 16.7 Å². The lowest BCUT2D eigenvalue weighted by Gasteiger charge is -2.36. The van der Waals surface area contributed by atoms with Crippen LogP contribution in [-0.2, 0) is 0 Å². The van der Waals surface area contributed by atoms with Crippen molar-refractivity contribution < 1.29 is 9.90 Å². The molecule has 0 bridgehead atoms. The van der Waals surface area contributed by atoms with Crippen LogP contribution in [0.4, 0.5) is 5.69 Å². The minimum Gasteiger partial charge on any atom is -0.390 e. The van der Waals surface area contributed by atoms with Crippen LogP contribution in [0.3, 0.4) is 0 Å². The van der Waals surface area contributed by atoms with E-state index in [1.54, 1.807) is 12.3 Å². The summed E-state index contributed by atoms with van der Waals surface area (Å²) in [4.78, 5) is 17.8. The van der Waals surface area contributed by atoms with Gasteiger partial charge in [-0.3, -0.25) is 4.79 Å². The van der Waals surface area contributed by atoms with Crippen molar-refractivity contribution in [1.29, 1.82) is 5.26 Å². The van der Waals surface area contributed by atoms with Gasteiger partial charge in [0, 0.05) is 35.9 Å². The predicted molar refractivity (Wildman–Crippen MR) is 134 cm³/mol. The Morgan fingerprint density at radius 1 is 1.21 bits per heavy atom. The Morgan fingerprint density at radius 3 is 2.59 bits per heavy atom. The number of nitrogens with zero attached hydrogens (tertiary/aromatic N) is 3. The number of hydrogen-bond donors (Lipinski definition) is 3. The average Bonchev–Trinajstić information content (AvgIpc) is 3.21. The number of carbonyl (C=O) groups is 1. The molecule has 2 heterocycles. The van der Waals surface area contributed by atoms with E-state index < -0.39 is 5.60 Å². The Labute approximate surface area is 200 Å². The molecule has 0 spiro atoms. The molecular weight excluding hydrogens is 426 g/mol. The number of benzene rings is 1. The number of fused-ring (bicyclic) bond motifs is 1. The van der Waals surface area contributed by atoms with Gasteiger partial charge in [-0.25, -0.2) is 4.98 Å². The second-order valence-corrected chi connectivity index (χ2v) is 10.1. The lowest BCUT2D eigenvalue weighted by atomic mass is 9.77. The quantitative estimate of drug-likeness (QED) is 0.492. The van der Waals surface area contributed by atoms with Crippen molar-refractivity contribution in [2.75, 3.05) is 5.32 Å². The third kappa shape index (κ3) is 5.07. The highest BCUT2D eigenvalue weighted by Crippen LogP contribution is 2.33. The van der Waals surface area contributed by atoms with Gasteiger partial charge in [0.1, 0.15) is 5.82 Å². The average molecular weight is 460 g/mol. The largest absolute Gasteiger partial charge is 0.390 e. The standard InChI is InChI=1S/C27H33N5O2/c1-17(2)30-23-14-25(32-12-11-19-13-18(15-28)5-10-24(19)32)29-16-22(23)26(33)31-21-8-6-20(7-9-21)27(3,4)34/h5,10-14,16-17,20-21,34H,6-9H2,1-4H3,(H,29,30)(H,31,33). The van der Waals surface area contributed by atoms with E-state index in [2.05, 4.69) is 21.7 Å². The van der Waals surface area contributed by atoms with Gasteiger partial charge in [-0.1, -0.05) is 0 Å². The summed E-state index contributed by atoms with van der Waals surface area (Å²) in [6.45, 7) is 7.80. The topological polar surface area (TPSA) is 103 Å². The molecule has 0 atom stereocenters. The number of anilines is 1. The van der Waals surface area contributed by atoms with Crippen LogP contribution in [0.15, 0.2) is 42.7 Å². The van der Waals surface area contributed by atoms with Crippen molar-refractivity contribution in [2.45, 2.75) is 71.1 Å². The van der Waals surface area contributed by atoms with Crippen LogP contribution in [-0.4, -0.2) is 38.2 Å². The molecule has 1 fully saturated rings. The zero-order valence-corrected chi connectivity index (χ0v) is 20.3. The van der Waals surface area contributed by atoms with Gasteiger partial charge in [0.05, 0.1) is 34.0 Å². The van der Waals surface area contributed by atoms with Gasteiger partial charge in [-0.2, -0.15) is 5.26 Å². The molecule has 7 nitrogen and oxygen atoms in total. The molecule has 0 unspecified atom stereocenters. The molecule has 34 heavy (non-hydrogen) atoms. The molecule has 0 saturated heterocycles. The Kier molecular flexibility index (Phi) is 6.63. The number of aliphatic hydroxyl groups is 1. The molecule has 7 heteroatoms. The number of nitriles is 1. The smallest absolute Gasteiger partial charge is 0.255 e. The van der Waals surface area contributed by atoms with E-state index in [1.807, 2.05) is 62.7 Å². The second-order valence-electron chi connectivity index (χ2n) is 10.1. The first kappa shape index (κ1) is 23.8. The molecule has 3 N–H and O–H groups in total. The molecule has 3 aromatic rings. The number of amides is 1. The van der Waals surface area contributed by atoms with Crippen molar-refractivity contribution in [2.24, 2.45) is 5.92 Å². The summed E-state index contributed by atoms with van der Waals surface area (Å²) in [5, 5.41) is 27.0. The molecule has 1 saturated carbocycles. The molecule has 0 radical (unpaired) electrons. The first-order chi connectivity index (χ1) is 16.2. The molecule has 1 amide bonds. The van der Waals surface area contributed by atoms with Gasteiger partial charge in [-0.15, -0.1) is 0 Å². The predicted octanol–water partition coefficient (Wildman–Crippen LogP) is 4.78. The lowest BCUT2D eigenvalue weighted by Crippen LogP contribution is -2.42. The van der Waals surface area contributed by atoms with Gasteiger partial charge < -0.3 is 20.3 Å². The monoisotopic (exact) mass is 459 g/mol. The zero-order chi connectivity index (χ0) is 24.5. The molecule has 2 aromatic heterocycles. The van der Waals surface area contributed by atoms with Gasteiger partial charge >= 0.3 is 0 Å². The third-order valence-corrected chi connectivity index (χ3v) is 6.71. The molecule has 1 aromatic carbocycles. The Hall–Kier alpha value is -3.37. The SMILES string of the molecule is CC(C)Nc1cc(-n2ccc3cc(C#N)ccc32)ncc1C(=O)NC1CCC(C(C)(C)O)CC1. The van der Waals surface area contributed by atoms with Gasteiger partial charge in [0.2, 0.25) is 0 Å². The maximum atomic E-state index is 13.2. The van der Waals surface area contributed by atoms with Gasteiger partial charge in [0.15, 0.2) is 0 Å². The summed E-state index contributed by atoms with van der Waals surface area (Å²) in [5.74, 6) is 0.829. The van der Waals surface area contributed by atoms with E-state index in [0.29, 0.717) is 16.9 Å². The van der Waals surface area contributed by atoms with E-state index in [0.717, 1.165) is 42.3 Å². The van der Waals surface area contributed by atoms with Crippen molar-refractivity contribution in [3.05, 3.63) is 53.9 Å². The van der Waals surface area contributed by atoms with E-state index in [-0.39, 0.29) is 23.9 Å². The van der Waals surface area contributed by atoms with Gasteiger partial charge in [-0.05, 0) is 83.6 Å². The van der Waals surface area contributed by atoms with Crippen molar-refractivity contribution in [3.8, 4) is 11.9 Å². The van der Waals surface area contributed by atoms with Crippen LogP contribution in [0.1, 0.15) is 69.3 Å². The van der Waals surface area contributed by atoms with E-state index >= 15 is 0 Å². The first-order valence-electron chi connectivity index (χ1n) is 12.0. The van der Waals surface area contributed by atoms with E-state index in [4.69, 9.17) is 5.26 Å². The summed E-state index contributed by atoms with van der Waals surface area (Å²) in [6, 6.07) is 11.8. The van der Waals surface area contributed by atoms with Crippen molar-refractivity contribution in [1.82, 2.24) is 14.9 Å². The number of rotatable bonds is 6. The highest BCUT2D eigenvalue weighted by Gasteiger charge is 2.32. The Morgan fingerprint density at radius 2 is 1.94 bits per heavy atom. The number of aromatic nitrogens is 2. The van der Waals surface area contributed by atoms with Crippen molar-refractivity contribution in [3.63, 3.8) is 0 Å². The number of pyridine rings is 1. The third-order valence-electron chi connectivity index (χ3n) is 6.71. The number of carbonyl (C=O) groups excluding carboxylic acids is 1. The van der Waals surface area contributed by atoms with Crippen LogP contribution in [0.2, 0.25) is 0 Å². The molecule has 4 rings (SSSR count). The maximum absolute atomic E-state index is 13.2. The molecule has 1 aliphatic carbocycles. The highest BCUT2D eigenvalue weighted by atomic mass is 16.3. The minimum absolute atomic E-state index is 0.0976. The number of hydrogen-bond acceptors (Lipinski definition) is 5. The van der Waals surface area contributed by atoms with Crippen LogP contribution >= 0.6 is 0 Å². The fourth-order valence-electron chi connectivity index (χ4n) is 4.81. The molecule has 178 valence electrons. The Balaban J connectivity index is 1.57. The fraction of sp³-hybridized carbons (Fsp3) is 0.444. The maximum Gasteiger partial charge on any atom is 0.255 e. The highest BCUT2D eigenvalue weighted by molar-refractivity contribution is 6.00. The molecule has 0 aliphatic heterocycles. The van der Waals surface area contributed by atoms with Gasteiger partial charge in [0.25, 0.3) is 5.91 Å². The van der Waals surface area contributed by atoms with E-state index in [1.165, 1.54) is 0 Å². The molecule has 1 aliphatic rings. The lowest BCUT2D eigenvalue weighted by molar-refractivity contribution is -0.00257. The molecular formula is C27H33N5O2. The van der Waals surface area contributed by atoms with E-state index in [9.17, 15) is 9.90 Å². The van der Waals surface area contributed by atoms with Crippen LogP contribution in [0, 0.1) is 17.2 Å². The summed E-state index contributed by atoms with van der Waals surface area (Å²) in [7, 11) is 0. The summed E-state index contributed by atoms with van der Waals surface area (Å²) in [5.41, 5.74) is 2.14. The summed E-state index contributed by atoms with van der Waals surface area (Å²) in [6.07, 6.45) is 7.08.